The number of non-ortho nitro benzene ring substituents is 1. The van der Waals surface area contributed by atoms with Crippen molar-refractivity contribution >= 4 is 33.8 Å². The lowest BCUT2D eigenvalue weighted by atomic mass is 10.3. The molecule has 0 aliphatic heterocycles. The van der Waals surface area contributed by atoms with Crippen LogP contribution in [0.4, 0.5) is 16.5 Å². The van der Waals surface area contributed by atoms with Crippen molar-refractivity contribution in [3.05, 3.63) is 45.5 Å². The van der Waals surface area contributed by atoms with Crippen molar-refractivity contribution in [2.45, 2.75) is 0 Å². The van der Waals surface area contributed by atoms with Gasteiger partial charge in [0, 0.05) is 23.2 Å². The number of nitrogens with one attached hydrogen (secondary N) is 1. The number of carbonyl (C=O) groups is 1. The summed E-state index contributed by atoms with van der Waals surface area (Å²) in [6, 6.07) is 5.52. The van der Waals surface area contributed by atoms with Gasteiger partial charge >= 0.3 is 0 Å². The largest absolute Gasteiger partial charge is 0.375 e. The lowest BCUT2D eigenvalue weighted by Crippen LogP contribution is -2.12. The predicted molar refractivity (Wildman–Crippen MR) is 67.6 cm³/mol. The van der Waals surface area contributed by atoms with Crippen LogP contribution in [0.2, 0.25) is 0 Å². The number of amides is 1. The van der Waals surface area contributed by atoms with Gasteiger partial charge in [0.05, 0.1) is 4.92 Å². The molecular formula is C10H8N4O3S. The van der Waals surface area contributed by atoms with E-state index in [-0.39, 0.29) is 11.4 Å². The monoisotopic (exact) mass is 264 g/mol. The van der Waals surface area contributed by atoms with Gasteiger partial charge in [0.15, 0.2) is 5.13 Å². The van der Waals surface area contributed by atoms with Crippen molar-refractivity contribution < 1.29 is 9.72 Å². The van der Waals surface area contributed by atoms with Gasteiger partial charge in [0.1, 0.15) is 5.69 Å². The summed E-state index contributed by atoms with van der Waals surface area (Å²) in [5.41, 5.74) is 6.05. The van der Waals surface area contributed by atoms with Gasteiger partial charge in [-0.3, -0.25) is 14.9 Å². The fourth-order valence-corrected chi connectivity index (χ4v) is 1.80. The predicted octanol–water partition coefficient (Wildman–Crippen LogP) is 1.89. The summed E-state index contributed by atoms with van der Waals surface area (Å²) >= 11 is 1.17. The van der Waals surface area contributed by atoms with Gasteiger partial charge < -0.3 is 11.1 Å². The van der Waals surface area contributed by atoms with E-state index in [1.165, 1.54) is 41.0 Å². The van der Waals surface area contributed by atoms with E-state index in [2.05, 4.69) is 10.3 Å². The molecule has 0 atom stereocenters. The Morgan fingerprint density at radius 3 is 2.56 bits per heavy atom. The molecule has 7 nitrogen and oxygen atoms in total. The van der Waals surface area contributed by atoms with Gasteiger partial charge in [0.25, 0.3) is 11.6 Å². The number of anilines is 2. The zero-order chi connectivity index (χ0) is 13.1. The fourth-order valence-electron chi connectivity index (χ4n) is 1.25. The molecule has 3 N–H and O–H groups in total. The molecule has 0 radical (unpaired) electrons. The third kappa shape index (κ3) is 2.61. The molecule has 0 saturated heterocycles. The minimum absolute atomic E-state index is 0.0362. The SMILES string of the molecule is Nc1nc(C(=O)Nc2ccc([N+](=O)[O-])cc2)cs1. The van der Waals surface area contributed by atoms with Gasteiger partial charge in [0.2, 0.25) is 0 Å². The molecule has 2 aromatic rings. The standard InChI is InChI=1S/C10H8N4O3S/c11-10-13-8(5-18-10)9(15)12-6-1-3-7(4-2-6)14(16)17/h1-5H,(H2,11,13)(H,12,15). The number of hydrogen-bond acceptors (Lipinski definition) is 6. The summed E-state index contributed by atoms with van der Waals surface area (Å²) in [6.07, 6.45) is 0. The Kier molecular flexibility index (Phi) is 3.20. The van der Waals surface area contributed by atoms with Crippen LogP contribution in [0.1, 0.15) is 10.5 Å². The van der Waals surface area contributed by atoms with Crippen molar-refractivity contribution in [2.24, 2.45) is 0 Å². The topological polar surface area (TPSA) is 111 Å². The minimum atomic E-state index is -0.507. The first kappa shape index (κ1) is 12.0. The second-order valence-electron chi connectivity index (χ2n) is 3.33. The van der Waals surface area contributed by atoms with Crippen LogP contribution >= 0.6 is 11.3 Å². The average molecular weight is 264 g/mol. The first-order chi connectivity index (χ1) is 8.56. The summed E-state index contributed by atoms with van der Waals surface area (Å²) < 4.78 is 0. The highest BCUT2D eigenvalue weighted by Gasteiger charge is 2.10. The number of carbonyl (C=O) groups excluding carboxylic acids is 1. The Bertz CT molecular complexity index is 593. The summed E-state index contributed by atoms with van der Waals surface area (Å²) in [4.78, 5) is 25.5. The quantitative estimate of drug-likeness (QED) is 0.649. The molecule has 92 valence electrons. The zero-order valence-corrected chi connectivity index (χ0v) is 9.81. The van der Waals surface area contributed by atoms with E-state index in [0.29, 0.717) is 10.8 Å². The molecule has 0 saturated carbocycles. The fraction of sp³-hybridized carbons (Fsp3) is 0. The molecule has 0 aliphatic rings. The molecule has 0 aliphatic carbocycles. The van der Waals surface area contributed by atoms with E-state index in [1.54, 1.807) is 0 Å². The number of nitro groups is 1. The van der Waals surface area contributed by atoms with Crippen molar-refractivity contribution in [3.63, 3.8) is 0 Å². The molecule has 1 amide bonds. The molecule has 1 aromatic heterocycles. The number of benzene rings is 1. The highest BCUT2D eigenvalue weighted by atomic mass is 32.1. The summed E-state index contributed by atoms with van der Waals surface area (Å²) in [6.45, 7) is 0. The van der Waals surface area contributed by atoms with Crippen LogP contribution in [-0.2, 0) is 0 Å². The number of nitro benzene ring substituents is 1. The zero-order valence-electron chi connectivity index (χ0n) is 8.99. The molecule has 1 aromatic carbocycles. The van der Waals surface area contributed by atoms with E-state index >= 15 is 0 Å². The minimum Gasteiger partial charge on any atom is -0.375 e. The van der Waals surface area contributed by atoms with Gasteiger partial charge in [-0.15, -0.1) is 11.3 Å². The summed E-state index contributed by atoms with van der Waals surface area (Å²) in [7, 11) is 0. The third-order valence-electron chi connectivity index (χ3n) is 2.09. The molecule has 0 fully saturated rings. The molecule has 2 rings (SSSR count). The molecule has 0 spiro atoms. The number of aromatic nitrogens is 1. The van der Waals surface area contributed by atoms with Gasteiger partial charge in [-0.25, -0.2) is 4.98 Å². The Morgan fingerprint density at radius 2 is 2.06 bits per heavy atom. The third-order valence-corrected chi connectivity index (χ3v) is 2.76. The van der Waals surface area contributed by atoms with E-state index in [9.17, 15) is 14.9 Å². The first-order valence-electron chi connectivity index (χ1n) is 4.83. The van der Waals surface area contributed by atoms with Crippen LogP contribution < -0.4 is 11.1 Å². The normalized spacial score (nSPS) is 10.0. The number of rotatable bonds is 3. The number of thiazole rings is 1. The number of nitrogens with two attached hydrogens (primary N) is 1. The Balaban J connectivity index is 2.10. The van der Waals surface area contributed by atoms with E-state index in [0.717, 1.165) is 0 Å². The molecule has 8 heteroatoms. The van der Waals surface area contributed by atoms with Crippen LogP contribution in [0.15, 0.2) is 29.6 Å². The van der Waals surface area contributed by atoms with Gasteiger partial charge in [-0.05, 0) is 12.1 Å². The molecule has 0 unspecified atom stereocenters. The highest BCUT2D eigenvalue weighted by molar-refractivity contribution is 7.13. The molecule has 18 heavy (non-hydrogen) atoms. The smallest absolute Gasteiger partial charge is 0.275 e. The molecule has 1 heterocycles. The number of nitrogen functional groups attached to an aromatic ring is 1. The van der Waals surface area contributed by atoms with Crippen LogP contribution in [0, 0.1) is 10.1 Å². The van der Waals surface area contributed by atoms with Crippen molar-refractivity contribution in [3.8, 4) is 0 Å². The maximum Gasteiger partial charge on any atom is 0.275 e. The Hall–Kier alpha value is -2.48. The number of hydrogen-bond donors (Lipinski definition) is 2. The maximum absolute atomic E-state index is 11.7. The van der Waals surface area contributed by atoms with Crippen molar-refractivity contribution in [1.29, 1.82) is 0 Å². The van der Waals surface area contributed by atoms with Crippen LogP contribution in [0.25, 0.3) is 0 Å². The Labute approximate surface area is 105 Å². The second-order valence-corrected chi connectivity index (χ2v) is 4.22. The molecular weight excluding hydrogens is 256 g/mol. The average Bonchev–Trinajstić information content (AvgIpc) is 2.76. The van der Waals surface area contributed by atoms with E-state index < -0.39 is 10.8 Å². The molecule has 0 bridgehead atoms. The van der Waals surface area contributed by atoms with Crippen molar-refractivity contribution in [2.75, 3.05) is 11.1 Å². The van der Waals surface area contributed by atoms with Crippen LogP contribution in [0.5, 0.6) is 0 Å². The van der Waals surface area contributed by atoms with E-state index in [1.807, 2.05) is 0 Å². The maximum atomic E-state index is 11.7. The number of nitrogens with zero attached hydrogens (tertiary/aromatic N) is 2. The van der Waals surface area contributed by atoms with Crippen LogP contribution in [-0.4, -0.2) is 15.8 Å². The summed E-state index contributed by atoms with van der Waals surface area (Å²) in [5, 5.41) is 14.9. The van der Waals surface area contributed by atoms with Crippen LogP contribution in [0.3, 0.4) is 0 Å². The lowest BCUT2D eigenvalue weighted by Gasteiger charge is -2.02. The summed E-state index contributed by atoms with van der Waals surface area (Å²) in [5.74, 6) is -0.406. The van der Waals surface area contributed by atoms with Gasteiger partial charge in [-0.1, -0.05) is 0 Å². The first-order valence-corrected chi connectivity index (χ1v) is 5.71. The van der Waals surface area contributed by atoms with Crippen molar-refractivity contribution in [1.82, 2.24) is 4.98 Å². The highest BCUT2D eigenvalue weighted by Crippen LogP contribution is 2.17. The van der Waals surface area contributed by atoms with Gasteiger partial charge in [-0.2, -0.15) is 0 Å². The van der Waals surface area contributed by atoms with E-state index in [4.69, 9.17) is 5.73 Å². The Morgan fingerprint density at radius 1 is 1.39 bits per heavy atom. The lowest BCUT2D eigenvalue weighted by molar-refractivity contribution is -0.384. The second kappa shape index (κ2) is 4.80.